The number of thioether (sulfide) groups is 1. The number of benzene rings is 1. The van der Waals surface area contributed by atoms with Gasteiger partial charge in [-0.05, 0) is 18.2 Å². The number of ether oxygens (including phenoxy) is 1. The molecule has 1 rings (SSSR count). The molecule has 1 aromatic rings. The lowest BCUT2D eigenvalue weighted by Crippen LogP contribution is -1.95. The summed E-state index contributed by atoms with van der Waals surface area (Å²) in [6.45, 7) is 0. The lowest BCUT2D eigenvalue weighted by Gasteiger charge is -2.04. The van der Waals surface area contributed by atoms with Crippen LogP contribution in [0.25, 0.3) is 0 Å². The Kier molecular flexibility index (Phi) is 4.42. The first-order valence-electron chi connectivity index (χ1n) is 4.31. The Balaban J connectivity index is 2.55. The van der Waals surface area contributed by atoms with E-state index in [1.54, 1.807) is 6.07 Å². The van der Waals surface area contributed by atoms with Crippen LogP contribution in [0.3, 0.4) is 0 Å². The molecule has 0 aliphatic carbocycles. The van der Waals surface area contributed by atoms with Crippen molar-refractivity contribution >= 4 is 17.7 Å². The topological polar surface area (TPSA) is 46.5 Å². The molecule has 3 nitrogen and oxygen atoms in total. The summed E-state index contributed by atoms with van der Waals surface area (Å²) in [4.78, 5) is 11.0. The normalized spacial score (nSPS) is 10.0. The molecule has 0 radical (unpaired) electrons. The number of halogens is 1. The van der Waals surface area contributed by atoms with Gasteiger partial charge in [0.2, 0.25) is 0 Å². The molecule has 0 atom stereocenters. The van der Waals surface area contributed by atoms with Gasteiger partial charge >= 0.3 is 5.97 Å². The summed E-state index contributed by atoms with van der Waals surface area (Å²) in [5.74, 6) is -0.659. The van der Waals surface area contributed by atoms with E-state index in [9.17, 15) is 9.18 Å². The zero-order chi connectivity index (χ0) is 11.3. The van der Waals surface area contributed by atoms with Gasteiger partial charge in [-0.15, -0.1) is 11.8 Å². The van der Waals surface area contributed by atoms with Crippen molar-refractivity contribution in [2.75, 3.05) is 12.9 Å². The van der Waals surface area contributed by atoms with Crippen molar-refractivity contribution < 1.29 is 19.0 Å². The largest absolute Gasteiger partial charge is 0.494 e. The molecule has 1 aromatic carbocycles. The Hall–Kier alpha value is -1.23. The zero-order valence-electron chi connectivity index (χ0n) is 8.20. The Morgan fingerprint density at radius 1 is 1.60 bits per heavy atom. The molecule has 0 aromatic heterocycles. The number of rotatable bonds is 5. The molecule has 82 valence electrons. The number of aliphatic carboxylic acids is 1. The van der Waals surface area contributed by atoms with E-state index in [-0.39, 0.29) is 12.2 Å². The van der Waals surface area contributed by atoms with Gasteiger partial charge in [0.05, 0.1) is 13.5 Å². The van der Waals surface area contributed by atoms with Gasteiger partial charge in [0, 0.05) is 10.6 Å². The van der Waals surface area contributed by atoms with Crippen LogP contribution in [-0.2, 0) is 4.79 Å². The molecular formula is C10H11FO3S. The summed E-state index contributed by atoms with van der Waals surface area (Å²) in [5, 5.41) is 8.42. The third kappa shape index (κ3) is 3.79. The van der Waals surface area contributed by atoms with Gasteiger partial charge in [-0.3, -0.25) is 4.79 Å². The quantitative estimate of drug-likeness (QED) is 0.789. The number of carbonyl (C=O) groups is 1. The summed E-state index contributed by atoms with van der Waals surface area (Å²) < 4.78 is 17.9. The number of methoxy groups -OCH3 is 1. The summed E-state index contributed by atoms with van der Waals surface area (Å²) >= 11 is 1.31. The number of carboxylic acid groups (broad SMARTS) is 1. The molecule has 1 N–H and O–H groups in total. The smallest absolute Gasteiger partial charge is 0.304 e. The SMILES string of the molecule is COc1ccc(SCCC(=O)O)cc1F. The zero-order valence-corrected chi connectivity index (χ0v) is 9.01. The minimum Gasteiger partial charge on any atom is -0.494 e. The van der Waals surface area contributed by atoms with Crippen LogP contribution in [0.4, 0.5) is 4.39 Å². The fourth-order valence-electron chi connectivity index (χ4n) is 0.993. The first-order chi connectivity index (χ1) is 7.13. The second kappa shape index (κ2) is 5.60. The molecule has 0 aliphatic rings. The van der Waals surface area contributed by atoms with Gasteiger partial charge in [0.15, 0.2) is 11.6 Å². The molecule has 0 bridgehead atoms. The van der Waals surface area contributed by atoms with E-state index in [1.165, 1.54) is 31.0 Å². The Labute approximate surface area is 91.2 Å². The number of carboxylic acids is 1. The molecule has 0 aliphatic heterocycles. The molecule has 0 saturated carbocycles. The molecule has 0 heterocycles. The molecule has 0 spiro atoms. The molecule has 0 unspecified atom stereocenters. The summed E-state index contributed by atoms with van der Waals surface area (Å²) in [5.41, 5.74) is 0. The highest BCUT2D eigenvalue weighted by molar-refractivity contribution is 7.99. The minimum atomic E-state index is -0.850. The van der Waals surface area contributed by atoms with Gasteiger partial charge in [-0.2, -0.15) is 0 Å². The first-order valence-corrected chi connectivity index (χ1v) is 5.30. The maximum Gasteiger partial charge on any atom is 0.304 e. The standard InChI is InChI=1S/C10H11FO3S/c1-14-9-3-2-7(6-8(9)11)15-5-4-10(12)13/h2-3,6H,4-5H2,1H3,(H,12,13). The first kappa shape index (κ1) is 11.8. The molecular weight excluding hydrogens is 219 g/mol. The second-order valence-electron chi connectivity index (χ2n) is 2.79. The van der Waals surface area contributed by atoms with Crippen LogP contribution in [0.2, 0.25) is 0 Å². The highest BCUT2D eigenvalue weighted by Gasteiger charge is 2.04. The van der Waals surface area contributed by atoms with Crippen molar-refractivity contribution in [2.24, 2.45) is 0 Å². The van der Waals surface area contributed by atoms with E-state index >= 15 is 0 Å². The molecule has 15 heavy (non-hydrogen) atoms. The van der Waals surface area contributed by atoms with Crippen LogP contribution in [0, 0.1) is 5.82 Å². The maximum atomic E-state index is 13.2. The minimum absolute atomic E-state index is 0.0678. The van der Waals surface area contributed by atoms with E-state index in [2.05, 4.69) is 0 Å². The summed E-state index contributed by atoms with van der Waals surface area (Å²) in [6, 6.07) is 4.57. The molecule has 0 saturated heterocycles. The highest BCUT2D eigenvalue weighted by Crippen LogP contribution is 2.24. The van der Waals surface area contributed by atoms with Crippen molar-refractivity contribution in [2.45, 2.75) is 11.3 Å². The van der Waals surface area contributed by atoms with Gasteiger partial charge in [0.25, 0.3) is 0 Å². The highest BCUT2D eigenvalue weighted by atomic mass is 32.2. The van der Waals surface area contributed by atoms with E-state index in [4.69, 9.17) is 9.84 Å². The van der Waals surface area contributed by atoms with E-state index in [1.807, 2.05) is 0 Å². The van der Waals surface area contributed by atoms with Gasteiger partial charge in [-0.1, -0.05) is 0 Å². The predicted octanol–water partition coefficient (Wildman–Crippen LogP) is 2.40. The van der Waals surface area contributed by atoms with Crippen LogP contribution >= 0.6 is 11.8 Å². The molecule has 5 heteroatoms. The number of hydrogen-bond acceptors (Lipinski definition) is 3. The van der Waals surface area contributed by atoms with Crippen LogP contribution in [0.15, 0.2) is 23.1 Å². The predicted molar refractivity (Wildman–Crippen MR) is 55.9 cm³/mol. The third-order valence-electron chi connectivity index (χ3n) is 1.71. The van der Waals surface area contributed by atoms with Crippen molar-refractivity contribution in [3.05, 3.63) is 24.0 Å². The van der Waals surface area contributed by atoms with Gasteiger partial charge in [0.1, 0.15) is 0 Å². The lowest BCUT2D eigenvalue weighted by atomic mass is 10.3. The van der Waals surface area contributed by atoms with Crippen LogP contribution in [0.5, 0.6) is 5.75 Å². The van der Waals surface area contributed by atoms with Crippen LogP contribution < -0.4 is 4.74 Å². The summed E-state index contributed by atoms with van der Waals surface area (Å²) in [7, 11) is 1.40. The fourth-order valence-corrected chi connectivity index (χ4v) is 1.86. The van der Waals surface area contributed by atoms with Crippen LogP contribution in [-0.4, -0.2) is 23.9 Å². The average Bonchev–Trinajstić information content (AvgIpc) is 2.17. The van der Waals surface area contributed by atoms with Crippen molar-refractivity contribution in [1.29, 1.82) is 0 Å². The average molecular weight is 230 g/mol. The third-order valence-corrected chi connectivity index (χ3v) is 2.70. The van der Waals surface area contributed by atoms with Crippen molar-refractivity contribution in [3.8, 4) is 5.75 Å². The van der Waals surface area contributed by atoms with Gasteiger partial charge in [-0.25, -0.2) is 4.39 Å². The maximum absolute atomic E-state index is 13.2. The Bertz CT molecular complexity index is 355. The Morgan fingerprint density at radius 2 is 2.33 bits per heavy atom. The van der Waals surface area contributed by atoms with Crippen molar-refractivity contribution in [3.63, 3.8) is 0 Å². The number of hydrogen-bond donors (Lipinski definition) is 1. The monoisotopic (exact) mass is 230 g/mol. The van der Waals surface area contributed by atoms with Crippen LogP contribution in [0.1, 0.15) is 6.42 Å². The fraction of sp³-hybridized carbons (Fsp3) is 0.300. The second-order valence-corrected chi connectivity index (χ2v) is 3.96. The molecule has 0 amide bonds. The lowest BCUT2D eigenvalue weighted by molar-refractivity contribution is -0.136. The molecule has 0 fully saturated rings. The summed E-state index contributed by atoms with van der Waals surface area (Å²) in [6.07, 6.45) is 0.0678. The van der Waals surface area contributed by atoms with E-state index < -0.39 is 11.8 Å². The van der Waals surface area contributed by atoms with E-state index in [0.717, 1.165) is 0 Å². The Morgan fingerprint density at radius 3 is 2.87 bits per heavy atom. The van der Waals surface area contributed by atoms with E-state index in [0.29, 0.717) is 10.6 Å². The van der Waals surface area contributed by atoms with Crippen molar-refractivity contribution in [1.82, 2.24) is 0 Å². The van der Waals surface area contributed by atoms with Gasteiger partial charge < -0.3 is 9.84 Å².